The van der Waals surface area contributed by atoms with Crippen LogP contribution in [0, 0.1) is 11.7 Å². The van der Waals surface area contributed by atoms with Crippen molar-refractivity contribution in [3.8, 4) is 5.75 Å². The van der Waals surface area contributed by atoms with Gasteiger partial charge in [-0.05, 0) is 37.0 Å². The number of nitrogens with zero attached hydrogens (tertiary/aromatic N) is 1. The second kappa shape index (κ2) is 7.13. The van der Waals surface area contributed by atoms with Gasteiger partial charge in [-0.1, -0.05) is 19.3 Å². The molecule has 0 bridgehead atoms. The van der Waals surface area contributed by atoms with E-state index in [0.717, 1.165) is 44.2 Å². The Kier molecular flexibility index (Phi) is 4.76. The number of carbonyl (C=O) groups excluding carboxylic acids is 4. The van der Waals surface area contributed by atoms with Crippen molar-refractivity contribution >= 4 is 23.8 Å². The zero-order valence-corrected chi connectivity index (χ0v) is 15.8. The Morgan fingerprint density at radius 1 is 1.24 bits per heavy atom. The number of primary amides is 1. The van der Waals surface area contributed by atoms with Crippen LogP contribution in [0.15, 0.2) is 18.2 Å². The molecule has 1 spiro atoms. The van der Waals surface area contributed by atoms with E-state index in [1.54, 1.807) is 0 Å². The van der Waals surface area contributed by atoms with Gasteiger partial charge in [0.25, 0.3) is 11.8 Å². The highest BCUT2D eigenvalue weighted by Crippen LogP contribution is 2.44. The van der Waals surface area contributed by atoms with Crippen LogP contribution >= 0.6 is 0 Å². The van der Waals surface area contributed by atoms with E-state index in [-0.39, 0.29) is 30.1 Å². The van der Waals surface area contributed by atoms with Crippen LogP contribution in [0.25, 0.3) is 0 Å². The fourth-order valence-corrected chi connectivity index (χ4v) is 4.53. The van der Waals surface area contributed by atoms with Crippen molar-refractivity contribution in [3.63, 3.8) is 0 Å². The molecule has 154 valence electrons. The lowest BCUT2D eigenvalue weighted by Crippen LogP contribution is -2.53. The Labute approximate surface area is 166 Å². The van der Waals surface area contributed by atoms with Crippen molar-refractivity contribution in [2.45, 2.75) is 56.6 Å². The van der Waals surface area contributed by atoms with Crippen LogP contribution < -0.4 is 15.8 Å². The number of nitrogens with two attached hydrogens (primary N) is 1. The van der Waals surface area contributed by atoms with Gasteiger partial charge in [-0.3, -0.25) is 14.4 Å². The number of ether oxygens (including phenoxy) is 1. The zero-order valence-electron chi connectivity index (χ0n) is 15.8. The molecule has 29 heavy (non-hydrogen) atoms. The van der Waals surface area contributed by atoms with Gasteiger partial charge in [0.05, 0.1) is 0 Å². The monoisotopic (exact) mass is 403 g/mol. The Morgan fingerprint density at radius 2 is 1.97 bits per heavy atom. The molecule has 0 aromatic heterocycles. The lowest BCUT2D eigenvalue weighted by molar-refractivity contribution is -0.144. The van der Waals surface area contributed by atoms with Gasteiger partial charge < -0.3 is 15.8 Å². The van der Waals surface area contributed by atoms with Gasteiger partial charge in [-0.2, -0.15) is 4.90 Å². The Balaban J connectivity index is 1.68. The molecule has 9 heteroatoms. The van der Waals surface area contributed by atoms with E-state index in [2.05, 4.69) is 5.32 Å². The molecule has 1 aromatic carbocycles. The van der Waals surface area contributed by atoms with Crippen LogP contribution in [0.2, 0.25) is 0 Å². The molecule has 3 aliphatic rings. The average molecular weight is 403 g/mol. The molecule has 5 amide bonds. The van der Waals surface area contributed by atoms with Crippen molar-refractivity contribution in [1.82, 2.24) is 10.2 Å². The molecule has 1 aliphatic carbocycles. The molecule has 3 N–H and O–H groups in total. The quantitative estimate of drug-likeness (QED) is 0.745. The summed E-state index contributed by atoms with van der Waals surface area (Å²) in [6, 6.07) is 2.58. The van der Waals surface area contributed by atoms with Gasteiger partial charge in [-0.15, -0.1) is 0 Å². The normalized spacial score (nSPS) is 26.8. The summed E-state index contributed by atoms with van der Waals surface area (Å²) in [6.07, 6.45) is 3.51. The molecule has 0 radical (unpaired) electrons. The number of rotatable bonds is 3. The third kappa shape index (κ3) is 3.24. The van der Waals surface area contributed by atoms with Crippen molar-refractivity contribution in [1.29, 1.82) is 0 Å². The predicted octanol–water partition coefficient (Wildman–Crippen LogP) is 1.71. The number of urea groups is 1. The zero-order chi connectivity index (χ0) is 20.8. The van der Waals surface area contributed by atoms with Gasteiger partial charge in [0.1, 0.15) is 11.6 Å². The lowest BCUT2D eigenvalue weighted by atomic mass is 9.81. The minimum Gasteiger partial charge on any atom is -0.480 e. The summed E-state index contributed by atoms with van der Waals surface area (Å²) in [4.78, 5) is 51.1. The number of halogens is 1. The maximum absolute atomic E-state index is 13.9. The second-order valence-electron chi connectivity index (χ2n) is 7.93. The highest BCUT2D eigenvalue weighted by molar-refractivity contribution is 6.18. The third-order valence-corrected chi connectivity index (χ3v) is 6.01. The molecule has 1 unspecified atom stereocenters. The summed E-state index contributed by atoms with van der Waals surface area (Å²) in [6.45, 7) is 0. The first-order valence-corrected chi connectivity index (χ1v) is 9.77. The second-order valence-corrected chi connectivity index (χ2v) is 7.93. The van der Waals surface area contributed by atoms with Gasteiger partial charge in [-0.25, -0.2) is 9.18 Å². The van der Waals surface area contributed by atoms with Crippen LogP contribution in [-0.2, 0) is 19.9 Å². The number of fused-ring (bicyclic) bond motifs is 2. The number of hydrogen-bond donors (Lipinski definition) is 2. The van der Waals surface area contributed by atoms with Crippen LogP contribution in [0.1, 0.15) is 50.5 Å². The first-order chi connectivity index (χ1) is 13.8. The fourth-order valence-electron chi connectivity index (χ4n) is 4.53. The number of nitrogens with one attached hydrogen (secondary N) is 1. The maximum Gasteiger partial charge on any atom is 0.332 e. The topological polar surface area (TPSA) is 119 Å². The van der Waals surface area contributed by atoms with Crippen LogP contribution in [-0.4, -0.2) is 34.8 Å². The van der Waals surface area contributed by atoms with E-state index in [4.69, 9.17) is 10.5 Å². The molecule has 4 rings (SSSR count). The van der Waals surface area contributed by atoms with Crippen LogP contribution in [0.4, 0.5) is 9.18 Å². The van der Waals surface area contributed by atoms with E-state index in [9.17, 15) is 23.6 Å². The summed E-state index contributed by atoms with van der Waals surface area (Å²) < 4.78 is 19.4. The smallest absolute Gasteiger partial charge is 0.332 e. The Morgan fingerprint density at radius 3 is 2.66 bits per heavy atom. The molecule has 2 aliphatic heterocycles. The van der Waals surface area contributed by atoms with E-state index in [1.807, 2.05) is 0 Å². The van der Waals surface area contributed by atoms with Crippen LogP contribution in [0.5, 0.6) is 5.75 Å². The first kappa shape index (κ1) is 19.4. The van der Waals surface area contributed by atoms with E-state index >= 15 is 0 Å². The van der Waals surface area contributed by atoms with Gasteiger partial charge in [0, 0.05) is 18.4 Å². The van der Waals surface area contributed by atoms with E-state index in [0.29, 0.717) is 4.90 Å². The molecule has 2 heterocycles. The number of imide groups is 3. The summed E-state index contributed by atoms with van der Waals surface area (Å²) in [5.41, 5.74) is 3.66. The summed E-state index contributed by atoms with van der Waals surface area (Å²) in [7, 11) is 0. The fraction of sp³-hybridized carbons (Fsp3) is 0.500. The largest absolute Gasteiger partial charge is 0.480 e. The molecule has 1 saturated heterocycles. The predicted molar refractivity (Wildman–Crippen MR) is 97.9 cm³/mol. The molecule has 2 atom stereocenters. The van der Waals surface area contributed by atoms with E-state index < -0.39 is 41.2 Å². The lowest BCUT2D eigenvalue weighted by Gasteiger charge is -2.36. The van der Waals surface area contributed by atoms with Crippen molar-refractivity contribution in [2.75, 3.05) is 0 Å². The van der Waals surface area contributed by atoms with Crippen LogP contribution in [0.3, 0.4) is 0 Å². The molecular formula is C20H22FN3O5. The maximum atomic E-state index is 13.9. The average Bonchev–Trinajstić information content (AvgIpc) is 2.93. The molecule has 1 aromatic rings. The molecular weight excluding hydrogens is 381 g/mol. The highest BCUT2D eigenvalue weighted by Gasteiger charge is 2.59. The highest BCUT2D eigenvalue weighted by atomic mass is 19.1. The summed E-state index contributed by atoms with van der Waals surface area (Å²) in [5.74, 6) is -2.68. The van der Waals surface area contributed by atoms with Crippen molar-refractivity contribution < 1.29 is 28.3 Å². The third-order valence-electron chi connectivity index (χ3n) is 6.01. The molecule has 8 nitrogen and oxygen atoms in total. The summed E-state index contributed by atoms with van der Waals surface area (Å²) >= 11 is 0. The number of hydrogen-bond acceptors (Lipinski definition) is 5. The van der Waals surface area contributed by atoms with Gasteiger partial charge >= 0.3 is 6.03 Å². The number of carbonyl (C=O) groups is 4. The minimum atomic E-state index is -1.77. The van der Waals surface area contributed by atoms with Crippen molar-refractivity contribution in [2.24, 2.45) is 11.7 Å². The van der Waals surface area contributed by atoms with Gasteiger partial charge in [0.2, 0.25) is 5.91 Å². The molecule has 1 saturated carbocycles. The summed E-state index contributed by atoms with van der Waals surface area (Å²) in [5, 5.41) is 2.52. The van der Waals surface area contributed by atoms with E-state index in [1.165, 1.54) is 6.07 Å². The number of amides is 5. The first-order valence-electron chi connectivity index (χ1n) is 9.77. The Bertz CT molecular complexity index is 898. The number of benzene rings is 1. The Hall–Kier alpha value is -2.97. The van der Waals surface area contributed by atoms with Gasteiger partial charge in [0.15, 0.2) is 11.6 Å². The SMILES string of the molecule is NC(=O)[C@H]1CC2(NC(=O)N(C(=O)CC3CCCCC3)C2=O)c2cc(F)ccc2O1. The standard InChI is InChI=1S/C20H22FN3O5/c21-12-6-7-14-13(9-12)20(10-15(29-14)17(22)26)18(27)24(19(28)23-20)16(25)8-11-4-2-1-3-5-11/h6-7,9,11,15H,1-5,8,10H2,(H2,22,26)(H,23,28)/t15-,20?/m1/s1. The van der Waals surface area contributed by atoms with Crippen molar-refractivity contribution in [3.05, 3.63) is 29.6 Å². The molecule has 2 fully saturated rings. The minimum absolute atomic E-state index is 0.0664.